The minimum Gasteiger partial charge on any atom is -0.497 e. The molecular weight excluding hydrogens is 416 g/mol. The second-order valence-corrected chi connectivity index (χ2v) is 7.88. The van der Waals surface area contributed by atoms with E-state index in [1.807, 2.05) is 29.2 Å². The van der Waals surface area contributed by atoms with E-state index in [1.165, 1.54) is 12.1 Å². The van der Waals surface area contributed by atoms with Crippen LogP contribution in [0.3, 0.4) is 0 Å². The summed E-state index contributed by atoms with van der Waals surface area (Å²) >= 11 is 6.56. The number of hydrogen-bond acceptors (Lipinski definition) is 8. The second-order valence-electron chi connectivity index (χ2n) is 6.21. The summed E-state index contributed by atoms with van der Waals surface area (Å²) < 4.78 is 5.69. The minimum absolute atomic E-state index is 0.295. The van der Waals surface area contributed by atoms with Crippen molar-refractivity contribution >= 4 is 45.4 Å². The van der Waals surface area contributed by atoms with E-state index in [4.69, 9.17) is 17.0 Å². The number of rotatable bonds is 5. The largest absolute Gasteiger partial charge is 0.497 e. The van der Waals surface area contributed by atoms with Crippen molar-refractivity contribution in [3.8, 4) is 5.75 Å². The number of nitrogens with zero attached hydrogens (tertiary/aromatic N) is 4. The Morgan fingerprint density at radius 1 is 1.03 bits per heavy atom. The molecule has 1 aliphatic heterocycles. The quantitative estimate of drug-likeness (QED) is 0.301. The molecule has 0 aromatic heterocycles. The van der Waals surface area contributed by atoms with Gasteiger partial charge in [-0.15, -0.1) is 0 Å². The van der Waals surface area contributed by atoms with Gasteiger partial charge in [0.25, 0.3) is 11.4 Å². The predicted molar refractivity (Wildman–Crippen MR) is 115 cm³/mol. The summed E-state index contributed by atoms with van der Waals surface area (Å²) in [6.07, 6.45) is 0. The van der Waals surface area contributed by atoms with Crippen LogP contribution in [0.15, 0.2) is 47.4 Å². The summed E-state index contributed by atoms with van der Waals surface area (Å²) in [5.41, 5.74) is 0.457. The number of piperazine rings is 1. The number of ether oxygens (including phenoxy) is 1. The molecule has 0 amide bonds. The maximum Gasteiger partial charge on any atom is 0.290 e. The van der Waals surface area contributed by atoms with E-state index in [-0.39, 0.29) is 11.4 Å². The minimum atomic E-state index is -0.655. The average molecular weight is 434 g/mol. The van der Waals surface area contributed by atoms with Crippen molar-refractivity contribution in [2.45, 2.75) is 4.90 Å². The fourth-order valence-electron chi connectivity index (χ4n) is 2.95. The molecule has 152 valence electrons. The lowest BCUT2D eigenvalue weighted by Gasteiger charge is -2.37. The molecular formula is C18H18N4O5S2. The highest BCUT2D eigenvalue weighted by Crippen LogP contribution is 2.34. The van der Waals surface area contributed by atoms with Gasteiger partial charge in [0.15, 0.2) is 0 Å². The summed E-state index contributed by atoms with van der Waals surface area (Å²) in [6, 6.07) is 11.4. The van der Waals surface area contributed by atoms with Crippen LogP contribution in [-0.2, 0) is 0 Å². The maximum atomic E-state index is 11.3. The molecule has 0 aliphatic carbocycles. The third kappa shape index (κ3) is 4.93. The van der Waals surface area contributed by atoms with Crippen molar-refractivity contribution in [1.82, 2.24) is 4.90 Å². The van der Waals surface area contributed by atoms with Gasteiger partial charge in [-0.25, -0.2) is 0 Å². The molecule has 1 fully saturated rings. The Balaban J connectivity index is 1.64. The van der Waals surface area contributed by atoms with Gasteiger partial charge in [0.1, 0.15) is 10.1 Å². The number of anilines is 1. The van der Waals surface area contributed by atoms with Crippen LogP contribution < -0.4 is 9.64 Å². The number of methoxy groups -OCH3 is 1. The molecule has 1 saturated heterocycles. The van der Waals surface area contributed by atoms with Crippen LogP contribution in [0, 0.1) is 20.2 Å². The number of thioether (sulfide) groups is 1. The molecule has 0 bridgehead atoms. The maximum absolute atomic E-state index is 11.3. The monoisotopic (exact) mass is 434 g/mol. The molecule has 0 atom stereocenters. The molecule has 0 radical (unpaired) electrons. The Bertz CT molecular complexity index is 930. The van der Waals surface area contributed by atoms with Gasteiger partial charge in [0.05, 0.1) is 27.9 Å². The Kier molecular flexibility index (Phi) is 6.49. The van der Waals surface area contributed by atoms with Crippen molar-refractivity contribution in [3.63, 3.8) is 0 Å². The zero-order valence-corrected chi connectivity index (χ0v) is 17.1. The molecule has 0 spiro atoms. The first-order valence-corrected chi connectivity index (χ1v) is 9.90. The van der Waals surface area contributed by atoms with Gasteiger partial charge in [0.2, 0.25) is 0 Å². The smallest absolute Gasteiger partial charge is 0.290 e. The van der Waals surface area contributed by atoms with Crippen molar-refractivity contribution in [2.75, 3.05) is 38.2 Å². The number of nitro groups is 2. The van der Waals surface area contributed by atoms with E-state index < -0.39 is 9.85 Å². The zero-order valence-electron chi connectivity index (χ0n) is 15.5. The lowest BCUT2D eigenvalue weighted by Crippen LogP contribution is -2.47. The lowest BCUT2D eigenvalue weighted by molar-refractivity contribution is -0.396. The zero-order chi connectivity index (χ0) is 21.0. The Morgan fingerprint density at radius 3 is 2.24 bits per heavy atom. The second kappa shape index (κ2) is 9.05. The molecule has 2 aromatic carbocycles. The third-order valence-electron chi connectivity index (χ3n) is 4.52. The van der Waals surface area contributed by atoms with Crippen LogP contribution in [-0.4, -0.2) is 52.4 Å². The third-order valence-corrected chi connectivity index (χ3v) is 6.03. The number of thiocarbonyl (C=S) groups is 1. The highest BCUT2D eigenvalue weighted by molar-refractivity contribution is 8.23. The van der Waals surface area contributed by atoms with E-state index in [2.05, 4.69) is 4.90 Å². The molecule has 0 N–H and O–H groups in total. The Hall–Kier alpha value is -2.92. The Labute approximate surface area is 176 Å². The SMILES string of the molecule is COc1ccc(N2CCN(C(=S)Sc3ccc([N+](=O)[O-])cc3[N+](=O)[O-])CC2)cc1. The molecule has 9 nitrogen and oxygen atoms in total. The molecule has 11 heteroatoms. The summed E-state index contributed by atoms with van der Waals surface area (Å²) in [5, 5.41) is 22.2. The molecule has 0 unspecified atom stereocenters. The Morgan fingerprint density at radius 2 is 1.69 bits per heavy atom. The number of nitro benzene ring substituents is 2. The normalized spacial score (nSPS) is 13.8. The fraction of sp³-hybridized carbons (Fsp3) is 0.278. The molecule has 1 heterocycles. The van der Waals surface area contributed by atoms with Crippen LogP contribution in [0.1, 0.15) is 0 Å². The van der Waals surface area contributed by atoms with Gasteiger partial charge in [-0.2, -0.15) is 0 Å². The number of benzene rings is 2. The fourth-order valence-corrected chi connectivity index (χ4v) is 4.27. The first-order chi connectivity index (χ1) is 13.9. The van der Waals surface area contributed by atoms with E-state index in [9.17, 15) is 20.2 Å². The molecule has 3 rings (SSSR count). The van der Waals surface area contributed by atoms with Crippen LogP contribution in [0.25, 0.3) is 0 Å². The van der Waals surface area contributed by atoms with Crippen molar-refractivity contribution in [3.05, 3.63) is 62.7 Å². The van der Waals surface area contributed by atoms with E-state index >= 15 is 0 Å². The highest BCUT2D eigenvalue weighted by Gasteiger charge is 2.24. The summed E-state index contributed by atoms with van der Waals surface area (Å²) in [7, 11) is 1.63. The van der Waals surface area contributed by atoms with Gasteiger partial charge in [-0.3, -0.25) is 20.2 Å². The molecule has 1 aliphatic rings. The van der Waals surface area contributed by atoms with E-state index in [0.29, 0.717) is 22.3 Å². The molecule has 0 saturated carbocycles. The van der Waals surface area contributed by atoms with Gasteiger partial charge < -0.3 is 14.5 Å². The van der Waals surface area contributed by atoms with Crippen LogP contribution >= 0.6 is 24.0 Å². The number of non-ortho nitro benzene ring substituents is 1. The molecule has 2 aromatic rings. The van der Waals surface area contributed by atoms with Crippen LogP contribution in [0.2, 0.25) is 0 Å². The van der Waals surface area contributed by atoms with Crippen molar-refractivity contribution in [2.24, 2.45) is 0 Å². The molecule has 29 heavy (non-hydrogen) atoms. The topological polar surface area (TPSA) is 102 Å². The predicted octanol–water partition coefficient (Wildman–Crippen LogP) is 3.71. The first-order valence-electron chi connectivity index (χ1n) is 8.67. The van der Waals surface area contributed by atoms with Crippen molar-refractivity contribution < 1.29 is 14.6 Å². The first kappa shape index (κ1) is 20.8. The standard InChI is InChI=1S/C18H18N4O5S2/c1-27-15-5-2-13(3-6-15)19-8-10-20(11-9-19)18(28)29-17-7-4-14(21(23)24)12-16(17)22(25)26/h2-7,12H,8-11H2,1H3. The van der Waals surface area contributed by atoms with E-state index in [1.54, 1.807) is 7.11 Å². The van der Waals surface area contributed by atoms with Gasteiger partial charge in [-0.05, 0) is 30.3 Å². The average Bonchev–Trinajstić information content (AvgIpc) is 2.74. The van der Waals surface area contributed by atoms with Gasteiger partial charge in [0, 0.05) is 37.9 Å². The summed E-state index contributed by atoms with van der Waals surface area (Å²) in [4.78, 5) is 25.4. The van der Waals surface area contributed by atoms with Crippen LogP contribution in [0.4, 0.5) is 17.1 Å². The van der Waals surface area contributed by atoms with E-state index in [0.717, 1.165) is 42.4 Å². The summed E-state index contributed by atoms with van der Waals surface area (Å²) in [6.45, 7) is 2.88. The summed E-state index contributed by atoms with van der Waals surface area (Å²) in [5.74, 6) is 0.801. The lowest BCUT2D eigenvalue weighted by atomic mass is 10.2. The van der Waals surface area contributed by atoms with Crippen molar-refractivity contribution in [1.29, 1.82) is 0 Å². The number of hydrogen-bond donors (Lipinski definition) is 0. The van der Waals surface area contributed by atoms with Gasteiger partial charge >= 0.3 is 0 Å². The van der Waals surface area contributed by atoms with Gasteiger partial charge in [-0.1, -0.05) is 24.0 Å². The van der Waals surface area contributed by atoms with Crippen LogP contribution in [0.5, 0.6) is 5.75 Å². The highest BCUT2D eigenvalue weighted by atomic mass is 32.2.